The summed E-state index contributed by atoms with van der Waals surface area (Å²) in [7, 11) is -2.62. The molecule has 9 nitrogen and oxygen atoms in total. The highest BCUT2D eigenvalue weighted by atomic mass is 32.2. The maximum Gasteiger partial charge on any atom is 0.264 e. The highest BCUT2D eigenvalue weighted by molar-refractivity contribution is 7.92. The zero-order valence-electron chi connectivity index (χ0n) is 23.5. The van der Waals surface area contributed by atoms with Crippen LogP contribution in [0.15, 0.2) is 83.8 Å². The fraction of sp³-hybridized carbons (Fsp3) is 0.333. The normalized spacial score (nSPS) is 11.9. The third kappa shape index (κ3) is 7.53. The van der Waals surface area contributed by atoms with Crippen LogP contribution in [-0.2, 0) is 26.2 Å². The highest BCUT2D eigenvalue weighted by Crippen LogP contribution is 2.33. The molecule has 214 valence electrons. The van der Waals surface area contributed by atoms with E-state index in [9.17, 15) is 18.0 Å². The first kappa shape index (κ1) is 30.5. The number of benzene rings is 3. The fourth-order valence-corrected chi connectivity index (χ4v) is 5.53. The number of carbonyl (C=O) groups excluding carboxylic acids is 2. The Bertz CT molecular complexity index is 1380. The number of rotatable bonds is 13. The molecule has 10 heteroatoms. The average molecular weight is 568 g/mol. The zero-order chi connectivity index (χ0) is 29.3. The molecule has 0 saturated heterocycles. The van der Waals surface area contributed by atoms with Gasteiger partial charge in [-0.05, 0) is 69.7 Å². The topological polar surface area (TPSA) is 105 Å². The second-order valence-electron chi connectivity index (χ2n) is 9.43. The quantitative estimate of drug-likeness (QED) is 0.332. The summed E-state index contributed by atoms with van der Waals surface area (Å²) < 4.78 is 39.9. The van der Waals surface area contributed by atoms with E-state index in [-0.39, 0.29) is 29.1 Å². The molecule has 0 aliphatic rings. The first-order valence-electron chi connectivity index (χ1n) is 13.1. The average Bonchev–Trinajstić information content (AvgIpc) is 2.95. The van der Waals surface area contributed by atoms with Crippen molar-refractivity contribution in [3.63, 3.8) is 0 Å². The summed E-state index contributed by atoms with van der Waals surface area (Å²) in [5.41, 5.74) is 0.982. The molecule has 0 unspecified atom stereocenters. The molecule has 0 aliphatic heterocycles. The smallest absolute Gasteiger partial charge is 0.264 e. The first-order chi connectivity index (χ1) is 19.1. The Morgan fingerprint density at radius 1 is 0.900 bits per heavy atom. The third-order valence-corrected chi connectivity index (χ3v) is 7.93. The van der Waals surface area contributed by atoms with E-state index >= 15 is 0 Å². The van der Waals surface area contributed by atoms with Crippen molar-refractivity contribution in [1.82, 2.24) is 10.2 Å². The van der Waals surface area contributed by atoms with Gasteiger partial charge in [0.05, 0.1) is 24.3 Å². The lowest BCUT2D eigenvalue weighted by Crippen LogP contribution is -2.52. The van der Waals surface area contributed by atoms with Crippen LogP contribution in [0.2, 0.25) is 0 Å². The van der Waals surface area contributed by atoms with E-state index in [1.807, 2.05) is 13.8 Å². The molecule has 40 heavy (non-hydrogen) atoms. The lowest BCUT2D eigenvalue weighted by Gasteiger charge is -2.32. The Hall–Kier alpha value is -4.05. The predicted molar refractivity (Wildman–Crippen MR) is 155 cm³/mol. The van der Waals surface area contributed by atoms with Gasteiger partial charge in [0.1, 0.15) is 24.1 Å². The van der Waals surface area contributed by atoms with Gasteiger partial charge in [-0.15, -0.1) is 0 Å². The summed E-state index contributed by atoms with van der Waals surface area (Å²) in [5.74, 6) is 0.0848. The van der Waals surface area contributed by atoms with Crippen LogP contribution in [0.4, 0.5) is 5.69 Å². The van der Waals surface area contributed by atoms with Crippen LogP contribution in [0.5, 0.6) is 11.5 Å². The molecule has 2 amide bonds. The van der Waals surface area contributed by atoms with Crippen LogP contribution < -0.4 is 19.1 Å². The summed E-state index contributed by atoms with van der Waals surface area (Å²) >= 11 is 0. The lowest BCUT2D eigenvalue weighted by atomic mass is 10.1. The molecule has 1 N–H and O–H groups in total. The summed E-state index contributed by atoms with van der Waals surface area (Å²) in [4.78, 5) is 28.4. The van der Waals surface area contributed by atoms with Gasteiger partial charge in [0.2, 0.25) is 11.8 Å². The van der Waals surface area contributed by atoms with Crippen molar-refractivity contribution in [3.8, 4) is 11.5 Å². The minimum Gasteiger partial charge on any atom is -0.497 e. The van der Waals surface area contributed by atoms with E-state index < -0.39 is 28.5 Å². The zero-order valence-corrected chi connectivity index (χ0v) is 24.4. The van der Waals surface area contributed by atoms with Gasteiger partial charge in [-0.1, -0.05) is 42.5 Å². The predicted octanol–water partition coefficient (Wildman–Crippen LogP) is 4.23. The maximum absolute atomic E-state index is 14.0. The van der Waals surface area contributed by atoms with Crippen LogP contribution in [0, 0.1) is 0 Å². The van der Waals surface area contributed by atoms with Gasteiger partial charge in [-0.2, -0.15) is 0 Å². The number of nitrogens with one attached hydrogen (secondary N) is 1. The molecule has 0 aliphatic carbocycles. The first-order valence-corrected chi connectivity index (χ1v) is 14.5. The van der Waals surface area contributed by atoms with Gasteiger partial charge in [0.15, 0.2) is 0 Å². The fourth-order valence-electron chi connectivity index (χ4n) is 4.09. The molecule has 0 bridgehead atoms. The summed E-state index contributed by atoms with van der Waals surface area (Å²) in [5, 5.41) is 2.84. The van der Waals surface area contributed by atoms with Crippen LogP contribution >= 0.6 is 0 Å². The van der Waals surface area contributed by atoms with E-state index in [1.165, 1.54) is 17.0 Å². The number of carbonyl (C=O) groups is 2. The van der Waals surface area contributed by atoms with Crippen LogP contribution in [-0.4, -0.2) is 57.5 Å². The number of methoxy groups -OCH3 is 1. The van der Waals surface area contributed by atoms with E-state index in [0.29, 0.717) is 18.1 Å². The summed E-state index contributed by atoms with van der Waals surface area (Å²) in [6.45, 7) is 6.93. The molecule has 0 heterocycles. The van der Waals surface area contributed by atoms with Gasteiger partial charge in [0, 0.05) is 12.6 Å². The number of hydrogen-bond donors (Lipinski definition) is 1. The minimum atomic E-state index is -4.18. The molecular weight excluding hydrogens is 530 g/mol. The Morgan fingerprint density at radius 2 is 1.52 bits per heavy atom. The van der Waals surface area contributed by atoms with Crippen molar-refractivity contribution in [2.45, 2.75) is 51.2 Å². The van der Waals surface area contributed by atoms with Crippen LogP contribution in [0.1, 0.15) is 33.3 Å². The van der Waals surface area contributed by atoms with Gasteiger partial charge >= 0.3 is 0 Å². The molecule has 3 aromatic rings. The molecular formula is C30H37N3O6S. The Kier molecular flexibility index (Phi) is 10.6. The number of ether oxygens (including phenoxy) is 2. The lowest BCUT2D eigenvalue weighted by molar-refractivity contribution is -0.139. The van der Waals surface area contributed by atoms with E-state index in [0.717, 1.165) is 9.87 Å². The number of amides is 2. The maximum atomic E-state index is 14.0. The van der Waals surface area contributed by atoms with Crippen molar-refractivity contribution in [1.29, 1.82) is 0 Å². The Balaban J connectivity index is 2.06. The summed E-state index contributed by atoms with van der Waals surface area (Å²) in [6.07, 6.45) is 0. The third-order valence-electron chi connectivity index (χ3n) is 6.15. The van der Waals surface area contributed by atoms with E-state index in [1.54, 1.807) is 87.7 Å². The van der Waals surface area contributed by atoms with Gasteiger partial charge in [-0.25, -0.2) is 8.42 Å². The largest absolute Gasteiger partial charge is 0.497 e. The molecule has 0 fully saturated rings. The second kappa shape index (κ2) is 13.8. The molecule has 0 radical (unpaired) electrons. The number of hydrogen-bond acceptors (Lipinski definition) is 6. The standard InChI is InChI=1S/C30H37N3O6S/c1-6-39-28-15-11-10-14-27(28)33(40(36,37)26-12-8-7-9-13-26)21-29(34)32(23(4)30(35)31-22(2)3)20-24-16-18-25(38-5)19-17-24/h7-19,22-23H,6,20-21H2,1-5H3,(H,31,35)/t23-/m0/s1. The van der Waals surface area contributed by atoms with Crippen LogP contribution in [0.25, 0.3) is 0 Å². The number of para-hydroxylation sites is 2. The van der Waals surface area contributed by atoms with Crippen LogP contribution in [0.3, 0.4) is 0 Å². The monoisotopic (exact) mass is 567 g/mol. The van der Waals surface area contributed by atoms with E-state index in [2.05, 4.69) is 5.32 Å². The highest BCUT2D eigenvalue weighted by Gasteiger charge is 2.33. The second-order valence-corrected chi connectivity index (χ2v) is 11.3. The minimum absolute atomic E-state index is 0.0291. The molecule has 1 atom stereocenters. The van der Waals surface area contributed by atoms with Crippen molar-refractivity contribution in [2.75, 3.05) is 24.6 Å². The van der Waals surface area contributed by atoms with Crippen molar-refractivity contribution >= 4 is 27.5 Å². The molecule has 3 aromatic carbocycles. The summed E-state index contributed by atoms with van der Waals surface area (Å²) in [6, 6.07) is 20.7. The molecule has 3 rings (SSSR count). The Morgan fingerprint density at radius 3 is 2.12 bits per heavy atom. The number of anilines is 1. The SMILES string of the molecule is CCOc1ccccc1N(CC(=O)N(Cc1ccc(OC)cc1)[C@@H](C)C(=O)NC(C)C)S(=O)(=O)c1ccccc1. The van der Waals surface area contributed by atoms with Crippen molar-refractivity contribution in [2.24, 2.45) is 0 Å². The van der Waals surface area contributed by atoms with E-state index in [4.69, 9.17) is 9.47 Å². The molecule has 0 spiro atoms. The number of sulfonamides is 1. The van der Waals surface area contributed by atoms with Gasteiger partial charge in [-0.3, -0.25) is 13.9 Å². The van der Waals surface area contributed by atoms with Crippen molar-refractivity contribution in [3.05, 3.63) is 84.4 Å². The Labute approximate surface area is 236 Å². The molecule has 0 saturated carbocycles. The van der Waals surface area contributed by atoms with Crippen molar-refractivity contribution < 1.29 is 27.5 Å². The van der Waals surface area contributed by atoms with Gasteiger partial charge < -0.3 is 19.7 Å². The molecule has 0 aromatic heterocycles. The van der Waals surface area contributed by atoms with Gasteiger partial charge in [0.25, 0.3) is 10.0 Å². The number of nitrogens with zero attached hydrogens (tertiary/aromatic N) is 2.